The summed E-state index contributed by atoms with van der Waals surface area (Å²) < 4.78 is 6.49. The Morgan fingerprint density at radius 1 is 1.40 bits per heavy atom. The summed E-state index contributed by atoms with van der Waals surface area (Å²) in [5.74, 6) is 0. The highest BCUT2D eigenvalue weighted by Gasteiger charge is 2.26. The van der Waals surface area contributed by atoms with Gasteiger partial charge >= 0.3 is 0 Å². The largest absolute Gasteiger partial charge is 0.372 e. The van der Waals surface area contributed by atoms with Gasteiger partial charge in [0, 0.05) is 35.1 Å². The van der Waals surface area contributed by atoms with Crippen molar-refractivity contribution in [3.8, 4) is 0 Å². The Bertz CT molecular complexity index is 314. The highest BCUT2D eigenvalue weighted by molar-refractivity contribution is 9.10. The van der Waals surface area contributed by atoms with E-state index in [0.717, 1.165) is 23.1 Å². The molecule has 2 unspecified atom stereocenters. The number of halogens is 3. The van der Waals surface area contributed by atoms with Crippen LogP contribution in [0.4, 0.5) is 0 Å². The van der Waals surface area contributed by atoms with Crippen molar-refractivity contribution in [1.82, 2.24) is 4.98 Å². The average molecular weight is 316 g/mol. The Labute approximate surface area is 110 Å². The van der Waals surface area contributed by atoms with Gasteiger partial charge in [0.2, 0.25) is 0 Å². The van der Waals surface area contributed by atoms with Crippen LogP contribution in [0.5, 0.6) is 0 Å². The number of nitrogens with two attached hydrogens (primary N) is 1. The van der Waals surface area contributed by atoms with Gasteiger partial charge in [-0.25, -0.2) is 0 Å². The fourth-order valence-corrected chi connectivity index (χ4v) is 1.92. The molecule has 6 heteroatoms. The van der Waals surface area contributed by atoms with Gasteiger partial charge in [0.05, 0.1) is 6.10 Å². The number of nitrogens with zero attached hydrogens (tertiary/aromatic N) is 1. The predicted molar refractivity (Wildman–Crippen MR) is 67.7 cm³/mol. The lowest BCUT2D eigenvalue weighted by Crippen LogP contribution is -2.23. The zero-order valence-corrected chi connectivity index (χ0v) is 11.1. The standard InChI is InChI=1S/C9H11BrN2O.2ClH/c10-7-3-6(4-12-5-7)9-8(11)1-2-13-9;;/h3-5,8-9H,1-2,11H2;2*1H. The van der Waals surface area contributed by atoms with Crippen LogP contribution in [0.25, 0.3) is 0 Å². The SMILES string of the molecule is Cl.Cl.NC1CCOC1c1cncc(Br)c1. The first-order chi connectivity index (χ1) is 6.27. The fourth-order valence-electron chi connectivity index (χ4n) is 1.53. The Morgan fingerprint density at radius 2 is 2.13 bits per heavy atom. The molecule has 1 aliphatic heterocycles. The fraction of sp³-hybridized carbons (Fsp3) is 0.444. The van der Waals surface area contributed by atoms with Crippen LogP contribution in [0, 0.1) is 0 Å². The number of hydrogen-bond donors (Lipinski definition) is 1. The Balaban J connectivity index is 0.000000980. The Hall–Kier alpha value is 0.130. The van der Waals surface area contributed by atoms with Crippen molar-refractivity contribution in [1.29, 1.82) is 0 Å². The van der Waals surface area contributed by atoms with Gasteiger partial charge in [-0.1, -0.05) is 0 Å². The molecule has 1 aliphatic rings. The molecule has 2 atom stereocenters. The molecule has 0 bridgehead atoms. The lowest BCUT2D eigenvalue weighted by molar-refractivity contribution is 0.105. The number of rotatable bonds is 1. The molecule has 86 valence electrons. The lowest BCUT2D eigenvalue weighted by atomic mass is 10.1. The van der Waals surface area contributed by atoms with Crippen LogP contribution in [0.15, 0.2) is 22.9 Å². The molecule has 2 N–H and O–H groups in total. The van der Waals surface area contributed by atoms with Gasteiger partial charge in [-0.3, -0.25) is 4.98 Å². The maximum atomic E-state index is 5.89. The molecular formula is C9H13BrCl2N2O. The third-order valence-corrected chi connectivity index (χ3v) is 2.63. The molecule has 0 saturated carbocycles. The van der Waals surface area contributed by atoms with Gasteiger partial charge in [-0.2, -0.15) is 0 Å². The highest BCUT2D eigenvalue weighted by atomic mass is 79.9. The zero-order chi connectivity index (χ0) is 9.26. The summed E-state index contributed by atoms with van der Waals surface area (Å²) in [7, 11) is 0. The molecule has 0 spiro atoms. The summed E-state index contributed by atoms with van der Waals surface area (Å²) in [6.07, 6.45) is 4.51. The second-order valence-electron chi connectivity index (χ2n) is 3.18. The van der Waals surface area contributed by atoms with E-state index >= 15 is 0 Å². The van der Waals surface area contributed by atoms with Crippen LogP contribution in [0.1, 0.15) is 18.1 Å². The van der Waals surface area contributed by atoms with Gasteiger partial charge in [-0.05, 0) is 28.4 Å². The van der Waals surface area contributed by atoms with Crippen LogP contribution in [-0.4, -0.2) is 17.6 Å². The van der Waals surface area contributed by atoms with Gasteiger partial charge in [0.25, 0.3) is 0 Å². The minimum absolute atomic E-state index is 0. The number of aromatic nitrogens is 1. The van der Waals surface area contributed by atoms with Crippen LogP contribution < -0.4 is 5.73 Å². The van der Waals surface area contributed by atoms with Crippen molar-refractivity contribution in [3.05, 3.63) is 28.5 Å². The van der Waals surface area contributed by atoms with E-state index in [2.05, 4.69) is 20.9 Å². The Morgan fingerprint density at radius 3 is 2.67 bits per heavy atom. The summed E-state index contributed by atoms with van der Waals surface area (Å²) >= 11 is 3.37. The third-order valence-electron chi connectivity index (χ3n) is 2.19. The summed E-state index contributed by atoms with van der Waals surface area (Å²) in [5, 5.41) is 0. The van der Waals surface area contributed by atoms with E-state index in [4.69, 9.17) is 10.5 Å². The first kappa shape index (κ1) is 15.1. The molecule has 1 fully saturated rings. The average Bonchev–Trinajstić information content (AvgIpc) is 2.51. The molecule has 1 saturated heterocycles. The molecule has 15 heavy (non-hydrogen) atoms. The van der Waals surface area contributed by atoms with Crippen LogP contribution in [0.3, 0.4) is 0 Å². The highest BCUT2D eigenvalue weighted by Crippen LogP contribution is 2.28. The predicted octanol–water partition coefficient (Wildman–Crippen LogP) is 2.48. The lowest BCUT2D eigenvalue weighted by Gasteiger charge is -2.14. The van der Waals surface area contributed by atoms with Crippen molar-refractivity contribution >= 4 is 40.7 Å². The zero-order valence-electron chi connectivity index (χ0n) is 7.93. The molecule has 0 amide bonds. The molecule has 1 aromatic heterocycles. The molecular weight excluding hydrogens is 303 g/mol. The van der Waals surface area contributed by atoms with Crippen molar-refractivity contribution < 1.29 is 4.74 Å². The normalized spacial score (nSPS) is 24.1. The van der Waals surface area contributed by atoms with E-state index in [9.17, 15) is 0 Å². The monoisotopic (exact) mass is 314 g/mol. The van der Waals surface area contributed by atoms with Crippen LogP contribution >= 0.6 is 40.7 Å². The first-order valence-electron chi connectivity index (χ1n) is 4.25. The van der Waals surface area contributed by atoms with E-state index in [1.165, 1.54) is 0 Å². The molecule has 2 rings (SSSR count). The molecule has 3 nitrogen and oxygen atoms in total. The van der Waals surface area contributed by atoms with Crippen LogP contribution in [-0.2, 0) is 4.74 Å². The van der Waals surface area contributed by atoms with E-state index in [1.54, 1.807) is 12.4 Å². The summed E-state index contributed by atoms with van der Waals surface area (Å²) in [5.41, 5.74) is 6.95. The summed E-state index contributed by atoms with van der Waals surface area (Å²) in [4.78, 5) is 4.08. The number of ether oxygens (including phenoxy) is 1. The maximum Gasteiger partial charge on any atom is 0.0991 e. The minimum atomic E-state index is 0. The van der Waals surface area contributed by atoms with Gasteiger partial charge in [0.1, 0.15) is 0 Å². The van der Waals surface area contributed by atoms with E-state index in [0.29, 0.717) is 0 Å². The quantitative estimate of drug-likeness (QED) is 0.866. The Kier molecular flexibility index (Phi) is 6.71. The topological polar surface area (TPSA) is 48.1 Å². The molecule has 0 aromatic carbocycles. The van der Waals surface area contributed by atoms with Gasteiger partial charge in [0.15, 0.2) is 0 Å². The van der Waals surface area contributed by atoms with E-state index in [-0.39, 0.29) is 37.0 Å². The minimum Gasteiger partial charge on any atom is -0.372 e. The molecule has 0 aliphatic carbocycles. The first-order valence-corrected chi connectivity index (χ1v) is 5.04. The molecule has 0 radical (unpaired) electrons. The molecule has 2 heterocycles. The van der Waals surface area contributed by atoms with E-state index in [1.807, 2.05) is 6.07 Å². The second-order valence-corrected chi connectivity index (χ2v) is 4.10. The number of pyridine rings is 1. The van der Waals surface area contributed by atoms with Crippen molar-refractivity contribution in [2.24, 2.45) is 5.73 Å². The molecule has 1 aromatic rings. The van der Waals surface area contributed by atoms with Gasteiger partial charge < -0.3 is 10.5 Å². The van der Waals surface area contributed by atoms with Gasteiger partial charge in [-0.15, -0.1) is 24.8 Å². The van der Waals surface area contributed by atoms with Crippen molar-refractivity contribution in [2.75, 3.05) is 6.61 Å². The van der Waals surface area contributed by atoms with Crippen molar-refractivity contribution in [3.63, 3.8) is 0 Å². The second kappa shape index (κ2) is 6.66. The smallest absolute Gasteiger partial charge is 0.0991 e. The summed E-state index contributed by atoms with van der Waals surface area (Å²) in [6.45, 7) is 0.748. The van der Waals surface area contributed by atoms with Crippen LogP contribution in [0.2, 0.25) is 0 Å². The third kappa shape index (κ3) is 3.57. The maximum absolute atomic E-state index is 5.89. The summed E-state index contributed by atoms with van der Waals surface area (Å²) in [6, 6.07) is 2.11. The van der Waals surface area contributed by atoms with E-state index < -0.39 is 0 Å². The van der Waals surface area contributed by atoms with Crippen molar-refractivity contribution in [2.45, 2.75) is 18.6 Å². The number of hydrogen-bond acceptors (Lipinski definition) is 3.